The molecule has 0 spiro atoms. The molecular formula is C21H28ClN3O3. The minimum absolute atomic E-state index is 0.0307. The topological polar surface area (TPSA) is 60.9 Å². The molecule has 28 heavy (non-hydrogen) atoms. The molecule has 2 fully saturated rings. The third kappa shape index (κ3) is 4.85. The molecule has 7 heteroatoms. The summed E-state index contributed by atoms with van der Waals surface area (Å²) in [6.45, 7) is 2.84. The van der Waals surface area contributed by atoms with Crippen LogP contribution in [0.4, 0.5) is 5.69 Å². The van der Waals surface area contributed by atoms with E-state index in [1.54, 1.807) is 34.1 Å². The van der Waals surface area contributed by atoms with Gasteiger partial charge in [0.15, 0.2) is 0 Å². The standard InChI is InChI=1S/C21H28ClN3O3/c1-2-11-23(21(28)16-7-4-3-5-8-16)13-19(26)24-14-20(27)25(15-24)18-10-6-9-17(22)12-18/h6,9-10,12,16H,2-5,7-8,11,13-15H2,1H3. The van der Waals surface area contributed by atoms with Gasteiger partial charge < -0.3 is 9.80 Å². The van der Waals surface area contributed by atoms with Gasteiger partial charge in [-0.25, -0.2) is 0 Å². The van der Waals surface area contributed by atoms with Crippen LogP contribution in [0.5, 0.6) is 0 Å². The Labute approximate surface area is 171 Å². The largest absolute Gasteiger partial charge is 0.333 e. The van der Waals surface area contributed by atoms with Crippen LogP contribution in [0.1, 0.15) is 45.4 Å². The number of amides is 3. The maximum atomic E-state index is 12.9. The quantitative estimate of drug-likeness (QED) is 0.729. The zero-order valence-electron chi connectivity index (χ0n) is 16.4. The van der Waals surface area contributed by atoms with Crippen molar-refractivity contribution in [2.75, 3.05) is 31.2 Å². The van der Waals surface area contributed by atoms with E-state index in [-0.39, 0.29) is 43.4 Å². The van der Waals surface area contributed by atoms with Crippen LogP contribution in [-0.2, 0) is 14.4 Å². The Morgan fingerprint density at radius 1 is 1.21 bits per heavy atom. The van der Waals surface area contributed by atoms with Gasteiger partial charge in [0.2, 0.25) is 17.7 Å². The van der Waals surface area contributed by atoms with Gasteiger partial charge in [0.05, 0.1) is 6.54 Å². The van der Waals surface area contributed by atoms with Crippen LogP contribution in [0.25, 0.3) is 0 Å². The van der Waals surface area contributed by atoms with Crippen molar-refractivity contribution in [1.29, 1.82) is 0 Å². The van der Waals surface area contributed by atoms with E-state index in [9.17, 15) is 14.4 Å². The molecule has 0 unspecified atom stereocenters. The lowest BCUT2D eigenvalue weighted by atomic mass is 9.88. The minimum Gasteiger partial charge on any atom is -0.333 e. The van der Waals surface area contributed by atoms with Crippen molar-refractivity contribution in [1.82, 2.24) is 9.80 Å². The maximum Gasteiger partial charge on any atom is 0.248 e. The summed E-state index contributed by atoms with van der Waals surface area (Å²) in [4.78, 5) is 42.9. The lowest BCUT2D eigenvalue weighted by molar-refractivity contribution is -0.143. The number of benzene rings is 1. The summed E-state index contributed by atoms with van der Waals surface area (Å²) in [5.74, 6) is -0.199. The summed E-state index contributed by atoms with van der Waals surface area (Å²) in [6, 6.07) is 7.03. The summed E-state index contributed by atoms with van der Waals surface area (Å²) in [6.07, 6.45) is 5.99. The van der Waals surface area contributed by atoms with Gasteiger partial charge in [0.25, 0.3) is 0 Å². The number of hydrogen-bond donors (Lipinski definition) is 0. The Morgan fingerprint density at radius 2 is 1.96 bits per heavy atom. The van der Waals surface area contributed by atoms with E-state index in [1.165, 1.54) is 11.3 Å². The Kier molecular flexibility index (Phi) is 6.94. The molecule has 3 amide bonds. The molecule has 0 bridgehead atoms. The fraction of sp³-hybridized carbons (Fsp3) is 0.571. The lowest BCUT2D eigenvalue weighted by Gasteiger charge is -2.30. The van der Waals surface area contributed by atoms with E-state index in [0.717, 1.165) is 32.1 Å². The highest BCUT2D eigenvalue weighted by molar-refractivity contribution is 6.31. The molecule has 1 saturated heterocycles. The zero-order valence-corrected chi connectivity index (χ0v) is 17.2. The smallest absolute Gasteiger partial charge is 0.248 e. The van der Waals surface area contributed by atoms with Crippen molar-refractivity contribution in [2.45, 2.75) is 45.4 Å². The van der Waals surface area contributed by atoms with Crippen LogP contribution in [0, 0.1) is 5.92 Å². The number of halogens is 1. The second-order valence-electron chi connectivity index (χ2n) is 7.63. The Balaban J connectivity index is 1.63. The molecule has 0 radical (unpaired) electrons. The number of anilines is 1. The first-order valence-electron chi connectivity index (χ1n) is 10.1. The third-order valence-corrected chi connectivity index (χ3v) is 5.73. The normalized spacial score (nSPS) is 17.9. The fourth-order valence-corrected chi connectivity index (χ4v) is 4.18. The molecule has 1 saturated carbocycles. The highest BCUT2D eigenvalue weighted by Gasteiger charge is 2.34. The molecule has 1 aromatic carbocycles. The van der Waals surface area contributed by atoms with Gasteiger partial charge in [0.1, 0.15) is 13.2 Å². The molecule has 2 aliphatic rings. The number of carbonyl (C=O) groups excluding carboxylic acids is 3. The van der Waals surface area contributed by atoms with E-state index in [4.69, 9.17) is 11.6 Å². The van der Waals surface area contributed by atoms with Crippen molar-refractivity contribution in [2.24, 2.45) is 5.92 Å². The van der Waals surface area contributed by atoms with E-state index >= 15 is 0 Å². The molecule has 0 N–H and O–H groups in total. The zero-order chi connectivity index (χ0) is 20.1. The second kappa shape index (κ2) is 9.41. The number of hydrogen-bond acceptors (Lipinski definition) is 3. The highest BCUT2D eigenvalue weighted by atomic mass is 35.5. The van der Waals surface area contributed by atoms with Crippen LogP contribution in [0.15, 0.2) is 24.3 Å². The lowest BCUT2D eigenvalue weighted by Crippen LogP contribution is -2.45. The van der Waals surface area contributed by atoms with Crippen LogP contribution in [0.3, 0.4) is 0 Å². The molecule has 6 nitrogen and oxygen atoms in total. The van der Waals surface area contributed by atoms with E-state index in [1.807, 2.05) is 6.92 Å². The first-order chi connectivity index (χ1) is 13.5. The second-order valence-corrected chi connectivity index (χ2v) is 8.07. The molecule has 1 aliphatic carbocycles. The van der Waals surface area contributed by atoms with Crippen LogP contribution < -0.4 is 4.90 Å². The SMILES string of the molecule is CCCN(CC(=O)N1CC(=O)N(c2cccc(Cl)c2)C1)C(=O)C1CCCCC1. The van der Waals surface area contributed by atoms with Gasteiger partial charge in [-0.15, -0.1) is 0 Å². The first-order valence-corrected chi connectivity index (χ1v) is 10.5. The molecule has 152 valence electrons. The van der Waals surface area contributed by atoms with Crippen molar-refractivity contribution >= 4 is 35.0 Å². The van der Waals surface area contributed by atoms with Gasteiger partial charge in [-0.1, -0.05) is 43.9 Å². The van der Waals surface area contributed by atoms with Crippen molar-refractivity contribution in [3.05, 3.63) is 29.3 Å². The van der Waals surface area contributed by atoms with Gasteiger partial charge in [-0.05, 0) is 37.5 Å². The molecule has 1 aromatic rings. The number of carbonyl (C=O) groups is 3. The molecule has 0 aromatic heterocycles. The molecular weight excluding hydrogens is 378 g/mol. The molecule has 3 rings (SSSR count). The summed E-state index contributed by atoms with van der Waals surface area (Å²) in [5, 5.41) is 0.544. The number of nitrogens with zero attached hydrogens (tertiary/aromatic N) is 3. The highest BCUT2D eigenvalue weighted by Crippen LogP contribution is 2.26. The van der Waals surface area contributed by atoms with Crippen molar-refractivity contribution < 1.29 is 14.4 Å². The van der Waals surface area contributed by atoms with Crippen molar-refractivity contribution in [3.63, 3.8) is 0 Å². The number of rotatable bonds is 6. The Bertz CT molecular complexity index is 733. The predicted molar refractivity (Wildman–Crippen MR) is 109 cm³/mol. The van der Waals surface area contributed by atoms with E-state index in [2.05, 4.69) is 0 Å². The monoisotopic (exact) mass is 405 g/mol. The van der Waals surface area contributed by atoms with Crippen molar-refractivity contribution in [3.8, 4) is 0 Å². The van der Waals surface area contributed by atoms with Gasteiger partial charge >= 0.3 is 0 Å². The fourth-order valence-electron chi connectivity index (χ4n) is 3.99. The van der Waals surface area contributed by atoms with E-state index < -0.39 is 0 Å². The average Bonchev–Trinajstić information content (AvgIpc) is 3.09. The summed E-state index contributed by atoms with van der Waals surface area (Å²) >= 11 is 6.02. The van der Waals surface area contributed by atoms with Gasteiger partial charge in [0, 0.05) is 23.2 Å². The van der Waals surface area contributed by atoms with Gasteiger partial charge in [-0.2, -0.15) is 0 Å². The van der Waals surface area contributed by atoms with Crippen LogP contribution >= 0.6 is 11.6 Å². The predicted octanol–water partition coefficient (Wildman–Crippen LogP) is 3.29. The average molecular weight is 406 g/mol. The molecule has 1 aliphatic heterocycles. The third-order valence-electron chi connectivity index (χ3n) is 5.50. The maximum absolute atomic E-state index is 12.9. The van der Waals surface area contributed by atoms with E-state index in [0.29, 0.717) is 17.3 Å². The molecule has 1 heterocycles. The molecule has 0 atom stereocenters. The first kappa shape index (κ1) is 20.6. The Morgan fingerprint density at radius 3 is 2.64 bits per heavy atom. The summed E-state index contributed by atoms with van der Waals surface area (Å²) in [5.41, 5.74) is 0.677. The Hall–Kier alpha value is -2.08. The van der Waals surface area contributed by atoms with Crippen LogP contribution in [-0.4, -0.2) is 53.8 Å². The minimum atomic E-state index is -0.185. The summed E-state index contributed by atoms with van der Waals surface area (Å²) in [7, 11) is 0. The summed E-state index contributed by atoms with van der Waals surface area (Å²) < 4.78 is 0. The van der Waals surface area contributed by atoms with Gasteiger partial charge in [-0.3, -0.25) is 19.3 Å². The van der Waals surface area contributed by atoms with Crippen LogP contribution in [0.2, 0.25) is 5.02 Å².